The fraction of sp³-hybridized carbons (Fsp3) is 0.0588. The lowest BCUT2D eigenvalue weighted by molar-refractivity contribution is -0.138. The zero-order valence-electron chi connectivity index (χ0n) is 14.7. The van der Waals surface area contributed by atoms with E-state index in [1.165, 1.54) is 12.3 Å². The Balaban J connectivity index is 1.71. The molecule has 0 atom stereocenters. The summed E-state index contributed by atoms with van der Waals surface area (Å²) in [5, 5.41) is 18.6. The van der Waals surface area contributed by atoms with Crippen molar-refractivity contribution in [3.63, 3.8) is 0 Å². The maximum absolute atomic E-state index is 12.9. The molecule has 4 rings (SSSR count). The predicted octanol–water partition coefficient (Wildman–Crippen LogP) is 3.44. The van der Waals surface area contributed by atoms with Gasteiger partial charge in [0.15, 0.2) is 5.82 Å². The minimum Gasteiger partial charge on any atom is -0.465 e. The van der Waals surface area contributed by atoms with Crippen LogP contribution in [-0.2, 0) is 11.0 Å². The zero-order chi connectivity index (χ0) is 21.1. The number of benzene rings is 1. The van der Waals surface area contributed by atoms with Crippen LogP contribution in [0.15, 0.2) is 53.1 Å². The monoisotopic (exact) mass is 433 g/mol. The van der Waals surface area contributed by atoms with E-state index in [2.05, 4.69) is 31.0 Å². The van der Waals surface area contributed by atoms with Crippen molar-refractivity contribution in [1.82, 2.24) is 30.4 Å². The van der Waals surface area contributed by atoms with Crippen LogP contribution in [-0.4, -0.2) is 36.3 Å². The lowest BCUT2D eigenvalue weighted by atomic mass is 10.2. The van der Waals surface area contributed by atoms with Crippen LogP contribution in [0.25, 0.3) is 23.2 Å². The molecule has 0 spiro atoms. The van der Waals surface area contributed by atoms with Crippen LogP contribution in [0.2, 0.25) is 0 Å². The summed E-state index contributed by atoms with van der Waals surface area (Å²) >= 11 is 0.201. The fourth-order valence-corrected chi connectivity index (χ4v) is 3.00. The summed E-state index contributed by atoms with van der Waals surface area (Å²) in [6.45, 7) is 0. The van der Waals surface area contributed by atoms with Crippen molar-refractivity contribution >= 4 is 34.1 Å². The van der Waals surface area contributed by atoms with Crippen LogP contribution < -0.4 is 5.32 Å². The van der Waals surface area contributed by atoms with Crippen molar-refractivity contribution in [2.24, 2.45) is 0 Å². The van der Waals surface area contributed by atoms with Gasteiger partial charge in [-0.05, 0) is 22.6 Å². The Morgan fingerprint density at radius 1 is 1.10 bits per heavy atom. The number of aromatic nitrogens is 6. The molecule has 0 radical (unpaired) electrons. The first-order valence-corrected chi connectivity index (χ1v) is 9.05. The molecule has 1 N–H and O–H groups in total. The Hall–Kier alpha value is -3.87. The first-order valence-electron chi connectivity index (χ1n) is 8.23. The number of carbonyl (C=O) groups is 1. The van der Waals surface area contributed by atoms with E-state index < -0.39 is 17.1 Å². The Morgan fingerprint density at radius 2 is 1.90 bits per heavy atom. The molecule has 9 nitrogen and oxygen atoms in total. The van der Waals surface area contributed by atoms with Crippen molar-refractivity contribution < 1.29 is 22.4 Å². The Labute approximate surface area is 169 Å². The maximum atomic E-state index is 12.9. The average molecular weight is 433 g/mol. The molecule has 0 aliphatic heterocycles. The van der Waals surface area contributed by atoms with Gasteiger partial charge in [0.25, 0.3) is 5.91 Å². The van der Waals surface area contributed by atoms with Gasteiger partial charge in [0, 0.05) is 11.6 Å². The molecule has 0 saturated heterocycles. The number of carbonyl (C=O) groups excluding carboxylic acids is 1. The number of halogens is 3. The van der Waals surface area contributed by atoms with Crippen molar-refractivity contribution in [3.8, 4) is 11.4 Å². The van der Waals surface area contributed by atoms with E-state index >= 15 is 0 Å². The molecule has 152 valence electrons. The molecule has 0 saturated carbocycles. The van der Waals surface area contributed by atoms with Crippen LogP contribution >= 0.6 is 11.3 Å². The Kier molecular flexibility index (Phi) is 5.10. The maximum Gasteiger partial charge on any atom is 0.445 e. The number of hydrogen-bond donors (Lipinski definition) is 1. The minimum atomic E-state index is -4.66. The van der Waals surface area contributed by atoms with Gasteiger partial charge in [-0.1, -0.05) is 41.7 Å². The van der Waals surface area contributed by atoms with E-state index in [0.717, 1.165) is 4.68 Å². The van der Waals surface area contributed by atoms with Crippen LogP contribution in [0.5, 0.6) is 0 Å². The molecule has 1 amide bonds. The number of rotatable bonds is 5. The van der Waals surface area contributed by atoms with Crippen molar-refractivity contribution in [2.45, 2.75) is 6.18 Å². The van der Waals surface area contributed by atoms with Crippen LogP contribution in [0.4, 0.5) is 18.3 Å². The molecule has 3 aromatic heterocycles. The van der Waals surface area contributed by atoms with E-state index in [-0.39, 0.29) is 28.0 Å². The highest BCUT2D eigenvalue weighted by Gasteiger charge is 2.36. The van der Waals surface area contributed by atoms with Crippen LogP contribution in [0.1, 0.15) is 10.8 Å². The van der Waals surface area contributed by atoms with Crippen molar-refractivity contribution in [2.75, 3.05) is 5.32 Å². The topological polar surface area (TPSA) is 112 Å². The normalized spacial score (nSPS) is 12.2. The van der Waals surface area contributed by atoms with Crippen LogP contribution in [0, 0.1) is 0 Å². The minimum absolute atomic E-state index is 0.0995. The van der Waals surface area contributed by atoms with Crippen molar-refractivity contribution in [1.29, 1.82) is 0 Å². The van der Waals surface area contributed by atoms with E-state index in [1.54, 1.807) is 42.5 Å². The van der Waals surface area contributed by atoms with Gasteiger partial charge in [-0.3, -0.25) is 10.1 Å². The lowest BCUT2D eigenvalue weighted by Gasteiger charge is -2.08. The molecule has 0 fully saturated rings. The number of nitrogens with one attached hydrogen (secondary N) is 1. The predicted molar refractivity (Wildman–Crippen MR) is 99.7 cm³/mol. The van der Waals surface area contributed by atoms with Gasteiger partial charge in [-0.15, -0.1) is 15.3 Å². The largest absolute Gasteiger partial charge is 0.465 e. The van der Waals surface area contributed by atoms with E-state index in [4.69, 9.17) is 4.42 Å². The molecule has 0 unspecified atom stereocenters. The molecule has 13 heteroatoms. The zero-order valence-corrected chi connectivity index (χ0v) is 15.6. The molecule has 0 bridgehead atoms. The number of nitrogens with zero attached hydrogens (tertiary/aromatic N) is 6. The summed E-state index contributed by atoms with van der Waals surface area (Å²) in [5.74, 6) is -0.250. The third-order valence-corrected chi connectivity index (χ3v) is 4.56. The SMILES string of the molecule is O=C(Nc1nnc(C(F)(F)F)s1)/C(=C/c1ccco1)n1nnnc1-c1ccccc1. The summed E-state index contributed by atoms with van der Waals surface area (Å²) in [5.41, 5.74) is 0.522. The summed E-state index contributed by atoms with van der Waals surface area (Å²) in [7, 11) is 0. The lowest BCUT2D eigenvalue weighted by Crippen LogP contribution is -2.19. The van der Waals surface area contributed by atoms with Crippen LogP contribution in [0.3, 0.4) is 0 Å². The fourth-order valence-electron chi connectivity index (χ4n) is 2.40. The van der Waals surface area contributed by atoms with Gasteiger partial charge in [0.2, 0.25) is 10.1 Å². The van der Waals surface area contributed by atoms with Gasteiger partial charge in [0.05, 0.1) is 6.26 Å². The van der Waals surface area contributed by atoms with Gasteiger partial charge < -0.3 is 4.42 Å². The summed E-state index contributed by atoms with van der Waals surface area (Å²) in [6, 6.07) is 12.0. The quantitative estimate of drug-likeness (QED) is 0.480. The second-order valence-corrected chi connectivity index (χ2v) is 6.67. The van der Waals surface area contributed by atoms with Crippen molar-refractivity contribution in [3.05, 3.63) is 59.5 Å². The number of tetrazole rings is 1. The average Bonchev–Trinajstić information content (AvgIpc) is 3.47. The number of alkyl halides is 3. The first kappa shape index (κ1) is 19.4. The van der Waals surface area contributed by atoms with E-state index in [1.807, 2.05) is 0 Å². The Morgan fingerprint density at radius 3 is 2.57 bits per heavy atom. The van der Waals surface area contributed by atoms with Gasteiger partial charge >= 0.3 is 6.18 Å². The highest BCUT2D eigenvalue weighted by Crippen LogP contribution is 2.33. The van der Waals surface area contributed by atoms with E-state index in [9.17, 15) is 18.0 Å². The number of amides is 1. The highest BCUT2D eigenvalue weighted by atomic mass is 32.1. The summed E-state index contributed by atoms with van der Waals surface area (Å²) < 4.78 is 44.7. The second kappa shape index (κ2) is 7.87. The first-order chi connectivity index (χ1) is 14.4. The molecule has 4 aromatic rings. The van der Waals surface area contributed by atoms with Gasteiger partial charge in [-0.25, -0.2) is 0 Å². The summed E-state index contributed by atoms with van der Waals surface area (Å²) in [4.78, 5) is 12.9. The number of anilines is 1. The molecule has 0 aliphatic carbocycles. The van der Waals surface area contributed by atoms with Gasteiger partial charge in [-0.2, -0.15) is 17.9 Å². The highest BCUT2D eigenvalue weighted by molar-refractivity contribution is 7.15. The number of hydrogen-bond acceptors (Lipinski definition) is 8. The third-order valence-electron chi connectivity index (χ3n) is 3.67. The third kappa shape index (κ3) is 4.10. The smallest absolute Gasteiger partial charge is 0.445 e. The molecule has 0 aliphatic rings. The van der Waals surface area contributed by atoms with E-state index in [0.29, 0.717) is 11.3 Å². The molecular weight excluding hydrogens is 423 g/mol. The van der Waals surface area contributed by atoms with Gasteiger partial charge in [0.1, 0.15) is 11.5 Å². The standard InChI is InChI=1S/C17H10F3N7O2S/c18-17(19,20)15-23-24-16(30-15)21-14(28)12(9-11-7-4-8-29-11)27-13(22-25-26-27)10-5-2-1-3-6-10/h1-9H,(H,21,24,28)/b12-9-. The molecule has 30 heavy (non-hydrogen) atoms. The Bertz CT molecular complexity index is 1180. The second-order valence-electron chi connectivity index (χ2n) is 5.69. The molecular formula is C17H10F3N7O2S. The molecule has 1 aromatic carbocycles. The summed E-state index contributed by atoms with van der Waals surface area (Å²) in [6.07, 6.45) is -1.91. The number of furan rings is 1. The molecule has 3 heterocycles.